The van der Waals surface area contributed by atoms with Crippen LogP contribution in [0.2, 0.25) is 0 Å². The molecule has 12 heteroatoms. The molecule has 2 saturated heterocycles. The van der Waals surface area contributed by atoms with Gasteiger partial charge in [0, 0.05) is 51.4 Å². The number of carbonyl (C=O) groups excluding carboxylic acids is 5. The second-order valence-corrected chi connectivity index (χ2v) is 12.7. The van der Waals surface area contributed by atoms with E-state index in [1.54, 1.807) is 19.1 Å². The molecule has 1 N–H and O–H groups in total. The molecule has 1 saturated carbocycles. The molecule has 1 spiro atoms. The number of aliphatic hydroxyl groups is 1. The third kappa shape index (κ3) is 5.67. The topological polar surface area (TPSA) is 164 Å². The largest absolute Gasteiger partial charge is 0.462 e. The molecular weight excluding hydrogens is 552 g/mol. The normalized spacial score (nSPS) is 41.5. The predicted octanol–water partition coefficient (Wildman–Crippen LogP) is 2.18. The second kappa shape index (κ2) is 11.6. The van der Waals surface area contributed by atoms with Gasteiger partial charge >= 0.3 is 29.8 Å². The number of fused-ring (bicyclic) bond motifs is 3. The minimum Gasteiger partial charge on any atom is -0.462 e. The third-order valence-corrected chi connectivity index (χ3v) is 9.11. The summed E-state index contributed by atoms with van der Waals surface area (Å²) < 4.78 is 35.3. The number of hydrogen-bond donors (Lipinski definition) is 1. The fourth-order valence-corrected chi connectivity index (χ4v) is 7.26. The predicted molar refractivity (Wildman–Crippen MR) is 143 cm³/mol. The van der Waals surface area contributed by atoms with Crippen molar-refractivity contribution < 1.29 is 57.5 Å². The maximum absolute atomic E-state index is 13.0. The molecule has 4 aliphatic rings. The molecule has 10 atom stereocenters. The molecule has 0 aromatic carbocycles. The van der Waals surface area contributed by atoms with E-state index in [4.69, 9.17) is 28.4 Å². The number of carbonyl (C=O) groups is 5. The first-order valence-corrected chi connectivity index (χ1v) is 14.5. The summed E-state index contributed by atoms with van der Waals surface area (Å²) in [7, 11) is 0. The minimum atomic E-state index is -2.03. The highest BCUT2D eigenvalue weighted by atomic mass is 16.7. The van der Waals surface area contributed by atoms with E-state index in [-0.39, 0.29) is 38.2 Å². The summed E-state index contributed by atoms with van der Waals surface area (Å²) in [5, 5.41) is 12.4. The Morgan fingerprint density at radius 2 is 1.55 bits per heavy atom. The van der Waals surface area contributed by atoms with Gasteiger partial charge in [-0.25, -0.2) is 0 Å². The maximum Gasteiger partial charge on any atom is 0.312 e. The van der Waals surface area contributed by atoms with Crippen molar-refractivity contribution in [3.05, 3.63) is 12.2 Å². The lowest BCUT2D eigenvalue weighted by Gasteiger charge is -2.57. The summed E-state index contributed by atoms with van der Waals surface area (Å²) in [6, 6.07) is 0. The lowest BCUT2D eigenvalue weighted by atomic mass is 9.52. The first kappa shape index (κ1) is 31.9. The first-order valence-electron chi connectivity index (χ1n) is 14.5. The van der Waals surface area contributed by atoms with Gasteiger partial charge in [-0.2, -0.15) is 0 Å². The Balaban J connectivity index is 1.96. The fraction of sp³-hybridized carbons (Fsp3) is 0.767. The van der Waals surface area contributed by atoms with Crippen LogP contribution in [0.15, 0.2) is 12.2 Å². The zero-order valence-corrected chi connectivity index (χ0v) is 25.2. The Morgan fingerprint density at radius 3 is 2.10 bits per heavy atom. The molecule has 0 aromatic heterocycles. The molecule has 0 aromatic rings. The van der Waals surface area contributed by atoms with E-state index in [1.165, 1.54) is 27.7 Å². The van der Waals surface area contributed by atoms with Gasteiger partial charge in [-0.15, -0.1) is 0 Å². The average Bonchev–Trinajstić information content (AvgIpc) is 3.60. The van der Waals surface area contributed by atoms with Crippen LogP contribution in [-0.4, -0.2) is 83.3 Å². The summed E-state index contributed by atoms with van der Waals surface area (Å²) in [5.74, 6) is -5.24. The molecule has 2 heterocycles. The van der Waals surface area contributed by atoms with Gasteiger partial charge in [-0.3, -0.25) is 24.0 Å². The van der Waals surface area contributed by atoms with Crippen molar-refractivity contribution in [2.45, 2.75) is 116 Å². The molecule has 4 rings (SSSR count). The number of rotatable bonds is 6. The lowest BCUT2D eigenvalue weighted by molar-refractivity contribution is -0.251. The smallest absolute Gasteiger partial charge is 0.312 e. The van der Waals surface area contributed by atoms with E-state index in [0.717, 1.165) is 0 Å². The molecule has 2 aliphatic heterocycles. The van der Waals surface area contributed by atoms with Crippen molar-refractivity contribution in [3.8, 4) is 0 Å². The van der Waals surface area contributed by atoms with Crippen LogP contribution in [0.1, 0.15) is 74.1 Å². The molecule has 0 amide bonds. The number of esters is 5. The lowest BCUT2D eigenvalue weighted by Crippen LogP contribution is -2.71. The van der Waals surface area contributed by atoms with Crippen LogP contribution in [-0.2, 0) is 52.4 Å². The first-order chi connectivity index (χ1) is 19.6. The van der Waals surface area contributed by atoms with E-state index >= 15 is 0 Å². The second-order valence-electron chi connectivity index (χ2n) is 12.7. The summed E-state index contributed by atoms with van der Waals surface area (Å²) >= 11 is 0. The number of epoxide rings is 1. The average molecular weight is 595 g/mol. The van der Waals surface area contributed by atoms with Crippen molar-refractivity contribution in [3.63, 3.8) is 0 Å². The van der Waals surface area contributed by atoms with Gasteiger partial charge in [0.2, 0.25) is 0 Å². The van der Waals surface area contributed by atoms with Gasteiger partial charge in [0.15, 0.2) is 11.7 Å². The molecule has 0 radical (unpaired) electrons. The Morgan fingerprint density at radius 1 is 0.976 bits per heavy atom. The van der Waals surface area contributed by atoms with Crippen molar-refractivity contribution in [1.82, 2.24) is 0 Å². The summed E-state index contributed by atoms with van der Waals surface area (Å²) in [6.45, 7) is 10.7. The molecule has 234 valence electrons. The van der Waals surface area contributed by atoms with E-state index in [1.807, 2.05) is 13.8 Å². The molecule has 1 unspecified atom stereocenters. The highest BCUT2D eigenvalue weighted by Crippen LogP contribution is 2.62. The molecule has 42 heavy (non-hydrogen) atoms. The van der Waals surface area contributed by atoms with Crippen LogP contribution in [0.4, 0.5) is 0 Å². The Labute approximate surface area is 245 Å². The Bertz CT molecular complexity index is 1140. The van der Waals surface area contributed by atoms with Gasteiger partial charge in [0.05, 0.1) is 12.5 Å². The molecule has 0 bridgehead atoms. The summed E-state index contributed by atoms with van der Waals surface area (Å²) in [4.78, 5) is 63.4. The van der Waals surface area contributed by atoms with E-state index in [9.17, 15) is 29.1 Å². The van der Waals surface area contributed by atoms with Crippen LogP contribution in [0.25, 0.3) is 0 Å². The monoisotopic (exact) mass is 594 g/mol. The van der Waals surface area contributed by atoms with E-state index < -0.39 is 88.8 Å². The van der Waals surface area contributed by atoms with Crippen LogP contribution in [0.3, 0.4) is 0 Å². The molecular formula is C30H42O12. The molecule has 12 nitrogen and oxygen atoms in total. The Kier molecular flexibility index (Phi) is 8.82. The van der Waals surface area contributed by atoms with Crippen LogP contribution in [0, 0.1) is 23.2 Å². The zero-order chi connectivity index (χ0) is 31.2. The summed E-state index contributed by atoms with van der Waals surface area (Å²) in [6.07, 6.45) is -1.59. The van der Waals surface area contributed by atoms with Crippen LogP contribution >= 0.6 is 0 Å². The highest BCUT2D eigenvalue weighted by molar-refractivity contribution is 5.77. The van der Waals surface area contributed by atoms with Crippen molar-refractivity contribution in [1.29, 1.82) is 0 Å². The Hall–Kier alpha value is -2.99. The SMILES string of the molecule is CC(=O)O[C@H]1C/C=C\C[C@@H]2OC(=O)[C@H](C)C2(O)[C@@H](OC(C)=O)[C@@H]2[C@]1(C)C[C@@H](OC(=O)CC(C)C)[C@@H](OC(C)=O)[C@]21CO1. The van der Waals surface area contributed by atoms with Gasteiger partial charge in [-0.05, 0) is 19.3 Å². The standard InChI is InChI=1S/C30H42O12/c1-15(2)12-23(34)41-20-13-28(7)21(38-17(4)31)10-8-9-11-22-30(36,16(3)27(35)42-22)26(40-19(6)33)24(28)29(14-37-29)25(20)39-18(5)32/h8-9,15-16,20-22,24-26,36H,10-14H2,1-7H3/b9-8-/t16-,20+,21-,22-,24+,25+,26-,28+,29-,30?/m0/s1. The zero-order valence-electron chi connectivity index (χ0n) is 25.2. The van der Waals surface area contributed by atoms with E-state index in [2.05, 4.69) is 0 Å². The third-order valence-electron chi connectivity index (χ3n) is 9.11. The fourth-order valence-electron chi connectivity index (χ4n) is 7.26. The van der Waals surface area contributed by atoms with Crippen LogP contribution < -0.4 is 0 Å². The van der Waals surface area contributed by atoms with Gasteiger partial charge in [-0.1, -0.05) is 32.9 Å². The minimum absolute atomic E-state index is 0.00194. The summed E-state index contributed by atoms with van der Waals surface area (Å²) in [5.41, 5.74) is -4.65. The van der Waals surface area contributed by atoms with Crippen molar-refractivity contribution in [2.75, 3.05) is 6.61 Å². The van der Waals surface area contributed by atoms with Gasteiger partial charge in [0.1, 0.15) is 30.0 Å². The van der Waals surface area contributed by atoms with Gasteiger partial charge < -0.3 is 33.5 Å². The van der Waals surface area contributed by atoms with E-state index in [0.29, 0.717) is 0 Å². The van der Waals surface area contributed by atoms with Crippen LogP contribution in [0.5, 0.6) is 0 Å². The number of hydrogen-bond acceptors (Lipinski definition) is 12. The molecule has 2 aliphatic carbocycles. The highest BCUT2D eigenvalue weighted by Gasteiger charge is 2.77. The van der Waals surface area contributed by atoms with Crippen molar-refractivity contribution in [2.24, 2.45) is 23.2 Å². The van der Waals surface area contributed by atoms with Gasteiger partial charge in [0.25, 0.3) is 0 Å². The number of ether oxygens (including phenoxy) is 6. The van der Waals surface area contributed by atoms with Crippen molar-refractivity contribution >= 4 is 29.8 Å². The maximum atomic E-state index is 13.0. The molecule has 3 fully saturated rings. The quantitative estimate of drug-likeness (QED) is 0.207.